The third-order valence-electron chi connectivity index (χ3n) is 6.48. The van der Waals surface area contributed by atoms with Crippen molar-refractivity contribution in [1.29, 1.82) is 0 Å². The maximum absolute atomic E-state index is 13.5. The minimum absolute atomic E-state index is 0.0471. The Labute approximate surface area is 186 Å². The van der Waals surface area contributed by atoms with Gasteiger partial charge in [0.25, 0.3) is 5.56 Å². The van der Waals surface area contributed by atoms with Crippen molar-refractivity contribution in [3.63, 3.8) is 0 Å². The lowest BCUT2D eigenvalue weighted by atomic mass is 10.2. The molecule has 4 aromatic rings. The largest absolute Gasteiger partial charge is 0.338 e. The average Bonchev–Trinajstić information content (AvgIpc) is 3.17. The van der Waals surface area contributed by atoms with Crippen LogP contribution in [-0.4, -0.2) is 56.2 Å². The van der Waals surface area contributed by atoms with Crippen molar-refractivity contribution in [2.45, 2.75) is 19.5 Å². The molecule has 1 atom stereocenters. The molecule has 1 fully saturated rings. The normalized spacial score (nSPS) is 16.0. The van der Waals surface area contributed by atoms with E-state index in [2.05, 4.69) is 34.3 Å². The molecule has 5 rings (SSSR count). The first-order valence-corrected chi connectivity index (χ1v) is 11.0. The molecule has 32 heavy (non-hydrogen) atoms. The summed E-state index contributed by atoms with van der Waals surface area (Å²) in [6.45, 7) is 5.84. The van der Waals surface area contributed by atoms with Gasteiger partial charge in [-0.15, -0.1) is 0 Å². The second-order valence-electron chi connectivity index (χ2n) is 8.49. The molecule has 2 aromatic heterocycles. The Morgan fingerprint density at radius 1 is 0.969 bits per heavy atom. The summed E-state index contributed by atoms with van der Waals surface area (Å²) in [5, 5.41) is 5.93. The molecule has 1 unspecified atom stereocenters. The van der Waals surface area contributed by atoms with Gasteiger partial charge in [0.05, 0.1) is 11.7 Å². The molecule has 0 bridgehead atoms. The molecule has 1 amide bonds. The molecule has 7 nitrogen and oxygen atoms in total. The number of fused-ring (bicyclic) bond motifs is 3. The summed E-state index contributed by atoms with van der Waals surface area (Å²) in [4.78, 5) is 30.8. The van der Waals surface area contributed by atoms with Crippen LogP contribution in [0.2, 0.25) is 0 Å². The van der Waals surface area contributed by atoms with Crippen LogP contribution in [0.4, 0.5) is 0 Å². The molecule has 0 aliphatic carbocycles. The first-order chi connectivity index (χ1) is 15.5. The lowest BCUT2D eigenvalue weighted by Gasteiger charge is -2.36. The summed E-state index contributed by atoms with van der Waals surface area (Å²) in [6.07, 6.45) is 1.72. The van der Waals surface area contributed by atoms with E-state index in [0.717, 1.165) is 35.9 Å². The van der Waals surface area contributed by atoms with Crippen molar-refractivity contribution in [3.05, 3.63) is 76.7 Å². The highest BCUT2D eigenvalue weighted by Gasteiger charge is 2.29. The van der Waals surface area contributed by atoms with E-state index >= 15 is 0 Å². The predicted molar refractivity (Wildman–Crippen MR) is 125 cm³/mol. The summed E-state index contributed by atoms with van der Waals surface area (Å²) in [7, 11) is 1.64. The summed E-state index contributed by atoms with van der Waals surface area (Å²) in [5.41, 5.74) is 2.52. The van der Waals surface area contributed by atoms with Gasteiger partial charge in [0.15, 0.2) is 0 Å². The van der Waals surface area contributed by atoms with Crippen molar-refractivity contribution >= 4 is 27.7 Å². The number of rotatable bonds is 4. The van der Waals surface area contributed by atoms with Gasteiger partial charge in [0.1, 0.15) is 11.6 Å². The zero-order valence-electron chi connectivity index (χ0n) is 18.4. The van der Waals surface area contributed by atoms with E-state index in [4.69, 9.17) is 0 Å². The maximum atomic E-state index is 13.5. The summed E-state index contributed by atoms with van der Waals surface area (Å²) < 4.78 is 3.23. The number of para-hydroxylation sites is 1. The number of aromatic nitrogens is 3. The highest BCUT2D eigenvalue weighted by Crippen LogP contribution is 2.30. The predicted octanol–water partition coefficient (Wildman–Crippen LogP) is 2.79. The zero-order chi connectivity index (χ0) is 22.2. The van der Waals surface area contributed by atoms with Gasteiger partial charge < -0.3 is 9.47 Å². The first kappa shape index (κ1) is 20.5. The van der Waals surface area contributed by atoms with Crippen LogP contribution >= 0.6 is 0 Å². The van der Waals surface area contributed by atoms with Gasteiger partial charge in [-0.2, -0.15) is 5.10 Å². The lowest BCUT2D eigenvalue weighted by Crippen LogP contribution is -2.50. The van der Waals surface area contributed by atoms with Crippen LogP contribution in [0.25, 0.3) is 21.8 Å². The standard InChI is InChI=1S/C25H27N5O2/c1-18(24(31)29-14-12-28(13-15-29)17-19-8-4-3-5-9-19)30-22-11-7-6-10-20(22)21-16-26-27(2)25(32)23(21)30/h3-11,16,18H,12-15,17H2,1-2H3. The molecule has 0 radical (unpaired) electrons. The van der Waals surface area contributed by atoms with Crippen molar-refractivity contribution < 1.29 is 4.79 Å². The number of benzene rings is 2. The number of piperazine rings is 1. The SMILES string of the molecule is CC(C(=O)N1CCN(Cc2ccccc2)CC1)n1c2ccccc2c2cnn(C)c(=O)c21. The van der Waals surface area contributed by atoms with Crippen LogP contribution in [0.1, 0.15) is 18.5 Å². The van der Waals surface area contributed by atoms with Crippen molar-refractivity contribution in [1.82, 2.24) is 24.1 Å². The molecule has 1 saturated heterocycles. The molecule has 3 heterocycles. The second-order valence-corrected chi connectivity index (χ2v) is 8.49. The third-order valence-corrected chi connectivity index (χ3v) is 6.48. The van der Waals surface area contributed by atoms with Crippen LogP contribution in [0.15, 0.2) is 65.6 Å². The molecule has 0 N–H and O–H groups in total. The van der Waals surface area contributed by atoms with E-state index in [1.807, 2.05) is 46.7 Å². The molecule has 2 aromatic carbocycles. The van der Waals surface area contributed by atoms with E-state index in [9.17, 15) is 9.59 Å². The highest BCUT2D eigenvalue weighted by molar-refractivity contribution is 6.08. The lowest BCUT2D eigenvalue weighted by molar-refractivity contribution is -0.135. The Balaban J connectivity index is 1.41. The van der Waals surface area contributed by atoms with E-state index < -0.39 is 6.04 Å². The molecular formula is C25H27N5O2. The van der Waals surface area contributed by atoms with Gasteiger partial charge in [-0.25, -0.2) is 4.68 Å². The van der Waals surface area contributed by atoms with E-state index in [1.165, 1.54) is 10.2 Å². The number of hydrogen-bond donors (Lipinski definition) is 0. The molecular weight excluding hydrogens is 402 g/mol. The number of aryl methyl sites for hydroxylation is 1. The number of carbonyl (C=O) groups is 1. The monoisotopic (exact) mass is 429 g/mol. The number of carbonyl (C=O) groups excluding carboxylic acids is 1. The van der Waals surface area contributed by atoms with Gasteiger partial charge in [-0.05, 0) is 18.6 Å². The van der Waals surface area contributed by atoms with Crippen molar-refractivity contribution in [3.8, 4) is 0 Å². The van der Waals surface area contributed by atoms with Crippen molar-refractivity contribution in [2.75, 3.05) is 26.2 Å². The van der Waals surface area contributed by atoms with E-state index in [1.54, 1.807) is 13.2 Å². The number of hydrogen-bond acceptors (Lipinski definition) is 4. The van der Waals surface area contributed by atoms with Crippen LogP contribution in [0.5, 0.6) is 0 Å². The Morgan fingerprint density at radius 2 is 1.66 bits per heavy atom. The third kappa shape index (κ3) is 3.48. The fourth-order valence-corrected chi connectivity index (χ4v) is 4.73. The summed E-state index contributed by atoms with van der Waals surface area (Å²) in [5.74, 6) is 0.0471. The number of amides is 1. The second kappa shape index (κ2) is 8.24. The van der Waals surface area contributed by atoms with Gasteiger partial charge in [-0.1, -0.05) is 48.5 Å². The van der Waals surface area contributed by atoms with Crippen LogP contribution in [0, 0.1) is 0 Å². The molecule has 0 saturated carbocycles. The van der Waals surface area contributed by atoms with Gasteiger partial charge in [0.2, 0.25) is 5.91 Å². The fourth-order valence-electron chi connectivity index (χ4n) is 4.73. The highest BCUT2D eigenvalue weighted by atomic mass is 16.2. The average molecular weight is 430 g/mol. The minimum Gasteiger partial charge on any atom is -0.338 e. The molecule has 7 heteroatoms. The van der Waals surface area contributed by atoms with E-state index in [-0.39, 0.29) is 11.5 Å². The van der Waals surface area contributed by atoms with Crippen molar-refractivity contribution in [2.24, 2.45) is 7.05 Å². The Kier molecular flexibility index (Phi) is 5.27. The minimum atomic E-state index is -0.479. The maximum Gasteiger partial charge on any atom is 0.291 e. The molecule has 0 spiro atoms. The first-order valence-electron chi connectivity index (χ1n) is 11.0. The fraction of sp³-hybridized carbons (Fsp3) is 0.320. The van der Waals surface area contributed by atoms with E-state index in [0.29, 0.717) is 18.6 Å². The van der Waals surface area contributed by atoms with Gasteiger partial charge in [0, 0.05) is 50.5 Å². The Morgan fingerprint density at radius 3 is 2.41 bits per heavy atom. The molecule has 1 aliphatic heterocycles. The molecule has 164 valence electrons. The molecule has 1 aliphatic rings. The summed E-state index contributed by atoms with van der Waals surface area (Å²) in [6, 6.07) is 17.8. The van der Waals surface area contributed by atoms with Crippen LogP contribution in [-0.2, 0) is 18.4 Å². The zero-order valence-corrected chi connectivity index (χ0v) is 18.4. The summed E-state index contributed by atoms with van der Waals surface area (Å²) >= 11 is 0. The van der Waals surface area contributed by atoms with Crippen LogP contribution in [0.3, 0.4) is 0 Å². The number of nitrogens with zero attached hydrogens (tertiary/aromatic N) is 5. The topological polar surface area (TPSA) is 63.4 Å². The van der Waals surface area contributed by atoms with Crippen LogP contribution < -0.4 is 5.56 Å². The Bertz CT molecular complexity index is 1330. The quantitative estimate of drug-likeness (QED) is 0.501. The van der Waals surface area contributed by atoms with Gasteiger partial charge in [-0.3, -0.25) is 14.5 Å². The smallest absolute Gasteiger partial charge is 0.291 e. The Hall–Kier alpha value is -3.45. The van der Waals surface area contributed by atoms with Gasteiger partial charge >= 0.3 is 0 Å².